The van der Waals surface area contributed by atoms with Gasteiger partial charge in [0.15, 0.2) is 0 Å². The summed E-state index contributed by atoms with van der Waals surface area (Å²) in [5.74, 6) is 4.48. The highest BCUT2D eigenvalue weighted by molar-refractivity contribution is 5.94. The molecule has 0 radical (unpaired) electrons. The third-order valence-electron chi connectivity index (χ3n) is 2.17. The van der Waals surface area contributed by atoms with Gasteiger partial charge in [0.2, 0.25) is 5.91 Å². The average molecular weight is 275 g/mol. The first-order chi connectivity index (χ1) is 9.52. The SMILES string of the molecule is CC(C)NC(=O)CNC(=O)c1ccc(C#CCO)cn1. The lowest BCUT2D eigenvalue weighted by molar-refractivity contribution is -0.120. The van der Waals surface area contributed by atoms with Gasteiger partial charge in [0.1, 0.15) is 12.3 Å². The topological polar surface area (TPSA) is 91.3 Å². The van der Waals surface area contributed by atoms with Crippen LogP contribution in [0.4, 0.5) is 0 Å². The fourth-order valence-corrected chi connectivity index (χ4v) is 1.37. The Kier molecular flexibility index (Phi) is 6.20. The molecule has 0 aromatic carbocycles. The molecule has 106 valence electrons. The molecular weight excluding hydrogens is 258 g/mol. The number of amides is 2. The van der Waals surface area contributed by atoms with E-state index in [9.17, 15) is 9.59 Å². The van der Waals surface area contributed by atoms with E-state index in [4.69, 9.17) is 5.11 Å². The molecule has 0 aliphatic carbocycles. The Balaban J connectivity index is 2.53. The van der Waals surface area contributed by atoms with Crippen molar-refractivity contribution in [2.75, 3.05) is 13.2 Å². The molecule has 1 heterocycles. The molecule has 0 saturated heterocycles. The Morgan fingerprint density at radius 2 is 2.15 bits per heavy atom. The van der Waals surface area contributed by atoms with E-state index in [2.05, 4.69) is 27.5 Å². The van der Waals surface area contributed by atoms with Crippen LogP contribution in [-0.4, -0.2) is 41.1 Å². The van der Waals surface area contributed by atoms with Gasteiger partial charge in [-0.15, -0.1) is 0 Å². The number of aromatic nitrogens is 1. The predicted molar refractivity (Wildman–Crippen MR) is 73.8 cm³/mol. The van der Waals surface area contributed by atoms with Gasteiger partial charge in [-0.1, -0.05) is 11.8 Å². The Hall–Kier alpha value is -2.39. The number of nitrogens with zero attached hydrogens (tertiary/aromatic N) is 1. The van der Waals surface area contributed by atoms with Crippen LogP contribution in [0.2, 0.25) is 0 Å². The summed E-state index contributed by atoms with van der Waals surface area (Å²) in [5.41, 5.74) is 0.810. The molecule has 0 aliphatic rings. The molecule has 3 N–H and O–H groups in total. The van der Waals surface area contributed by atoms with Gasteiger partial charge in [-0.3, -0.25) is 9.59 Å². The molecule has 1 aromatic heterocycles. The summed E-state index contributed by atoms with van der Waals surface area (Å²) < 4.78 is 0. The first-order valence-corrected chi connectivity index (χ1v) is 6.16. The summed E-state index contributed by atoms with van der Waals surface area (Å²) in [6, 6.07) is 3.16. The lowest BCUT2D eigenvalue weighted by Crippen LogP contribution is -2.40. The predicted octanol–water partition coefficient (Wildman–Crippen LogP) is -0.320. The number of hydrogen-bond donors (Lipinski definition) is 3. The molecule has 0 bridgehead atoms. The normalized spacial score (nSPS) is 9.60. The molecule has 0 spiro atoms. The molecule has 2 amide bonds. The second-order valence-electron chi connectivity index (χ2n) is 4.30. The van der Waals surface area contributed by atoms with Crippen LogP contribution in [0.15, 0.2) is 18.3 Å². The molecule has 0 atom stereocenters. The van der Waals surface area contributed by atoms with Crippen LogP contribution in [-0.2, 0) is 4.79 Å². The summed E-state index contributed by atoms with van der Waals surface area (Å²) in [4.78, 5) is 27.0. The molecule has 1 aromatic rings. The van der Waals surface area contributed by atoms with Crippen molar-refractivity contribution in [3.63, 3.8) is 0 Å². The number of nitrogens with one attached hydrogen (secondary N) is 2. The van der Waals surface area contributed by atoms with Crippen molar-refractivity contribution >= 4 is 11.8 Å². The van der Waals surface area contributed by atoms with Crippen LogP contribution in [0.3, 0.4) is 0 Å². The lowest BCUT2D eigenvalue weighted by Gasteiger charge is -2.08. The fourth-order valence-electron chi connectivity index (χ4n) is 1.37. The Bertz CT molecular complexity index is 527. The smallest absolute Gasteiger partial charge is 0.270 e. The number of hydrogen-bond acceptors (Lipinski definition) is 4. The monoisotopic (exact) mass is 275 g/mol. The van der Waals surface area contributed by atoms with Crippen molar-refractivity contribution in [1.82, 2.24) is 15.6 Å². The fraction of sp³-hybridized carbons (Fsp3) is 0.357. The Morgan fingerprint density at radius 1 is 1.40 bits per heavy atom. The highest BCUT2D eigenvalue weighted by Gasteiger charge is 2.09. The maximum atomic E-state index is 11.7. The van der Waals surface area contributed by atoms with Gasteiger partial charge < -0.3 is 15.7 Å². The minimum absolute atomic E-state index is 0.0295. The van der Waals surface area contributed by atoms with Gasteiger partial charge in [0, 0.05) is 17.8 Å². The standard InChI is InChI=1S/C14H17N3O3/c1-10(2)17-13(19)9-16-14(20)12-6-5-11(8-15-12)4-3-7-18/h5-6,8,10,18H,7,9H2,1-2H3,(H,16,20)(H,17,19). The molecule has 0 aliphatic heterocycles. The van der Waals surface area contributed by atoms with Crippen molar-refractivity contribution in [3.8, 4) is 11.8 Å². The number of rotatable bonds is 4. The zero-order chi connectivity index (χ0) is 15.0. The minimum Gasteiger partial charge on any atom is -0.384 e. The van der Waals surface area contributed by atoms with Gasteiger partial charge in [0.25, 0.3) is 5.91 Å². The molecule has 6 nitrogen and oxygen atoms in total. The van der Waals surface area contributed by atoms with Crippen molar-refractivity contribution in [2.24, 2.45) is 0 Å². The maximum absolute atomic E-state index is 11.7. The minimum atomic E-state index is -0.425. The molecule has 0 unspecified atom stereocenters. The molecule has 1 rings (SSSR count). The van der Waals surface area contributed by atoms with Crippen LogP contribution in [0, 0.1) is 11.8 Å². The lowest BCUT2D eigenvalue weighted by atomic mass is 10.2. The second kappa shape index (κ2) is 7.92. The van der Waals surface area contributed by atoms with Gasteiger partial charge >= 0.3 is 0 Å². The number of pyridine rings is 1. The first-order valence-electron chi connectivity index (χ1n) is 6.16. The Morgan fingerprint density at radius 3 is 2.70 bits per heavy atom. The van der Waals surface area contributed by atoms with E-state index >= 15 is 0 Å². The molecule has 0 saturated carbocycles. The zero-order valence-electron chi connectivity index (χ0n) is 11.4. The van der Waals surface area contributed by atoms with E-state index < -0.39 is 5.91 Å². The molecule has 20 heavy (non-hydrogen) atoms. The maximum Gasteiger partial charge on any atom is 0.270 e. The summed E-state index contributed by atoms with van der Waals surface area (Å²) in [5, 5.41) is 13.7. The highest BCUT2D eigenvalue weighted by Crippen LogP contribution is 1.98. The number of carbonyl (C=O) groups is 2. The van der Waals surface area contributed by atoms with Crippen LogP contribution < -0.4 is 10.6 Å². The Labute approximate surface area is 117 Å². The highest BCUT2D eigenvalue weighted by atomic mass is 16.2. The zero-order valence-corrected chi connectivity index (χ0v) is 11.4. The molecule has 6 heteroatoms. The third kappa shape index (κ3) is 5.50. The van der Waals surface area contributed by atoms with Crippen molar-refractivity contribution in [3.05, 3.63) is 29.6 Å². The number of aliphatic hydroxyl groups excluding tert-OH is 1. The van der Waals surface area contributed by atoms with Crippen LogP contribution >= 0.6 is 0 Å². The van der Waals surface area contributed by atoms with E-state index in [0.717, 1.165) is 0 Å². The summed E-state index contributed by atoms with van der Waals surface area (Å²) >= 11 is 0. The van der Waals surface area contributed by atoms with Crippen molar-refractivity contribution < 1.29 is 14.7 Å². The van der Waals surface area contributed by atoms with Gasteiger partial charge in [-0.2, -0.15) is 0 Å². The number of carbonyl (C=O) groups excluding carboxylic acids is 2. The second-order valence-corrected chi connectivity index (χ2v) is 4.30. The average Bonchev–Trinajstić information content (AvgIpc) is 2.42. The largest absolute Gasteiger partial charge is 0.384 e. The van der Waals surface area contributed by atoms with E-state index in [1.807, 2.05) is 13.8 Å². The van der Waals surface area contributed by atoms with Crippen LogP contribution in [0.5, 0.6) is 0 Å². The van der Waals surface area contributed by atoms with E-state index in [1.165, 1.54) is 12.3 Å². The first kappa shape index (κ1) is 15.7. The van der Waals surface area contributed by atoms with E-state index in [0.29, 0.717) is 5.56 Å². The van der Waals surface area contributed by atoms with Crippen LogP contribution in [0.25, 0.3) is 0 Å². The number of aliphatic hydroxyl groups is 1. The van der Waals surface area contributed by atoms with Crippen molar-refractivity contribution in [1.29, 1.82) is 0 Å². The van der Waals surface area contributed by atoms with Gasteiger partial charge in [-0.05, 0) is 26.0 Å². The molecular formula is C14H17N3O3. The van der Waals surface area contributed by atoms with E-state index in [-0.39, 0.29) is 30.8 Å². The van der Waals surface area contributed by atoms with Gasteiger partial charge in [0.05, 0.1) is 6.54 Å². The summed E-state index contributed by atoms with van der Waals surface area (Å²) in [6.07, 6.45) is 1.44. The summed E-state index contributed by atoms with van der Waals surface area (Å²) in [6.45, 7) is 3.36. The van der Waals surface area contributed by atoms with E-state index in [1.54, 1.807) is 6.07 Å². The van der Waals surface area contributed by atoms with Crippen molar-refractivity contribution in [2.45, 2.75) is 19.9 Å². The van der Waals surface area contributed by atoms with Crippen LogP contribution in [0.1, 0.15) is 29.9 Å². The molecule has 0 fully saturated rings. The third-order valence-corrected chi connectivity index (χ3v) is 2.17. The summed E-state index contributed by atoms with van der Waals surface area (Å²) in [7, 11) is 0. The quantitative estimate of drug-likeness (QED) is 0.657. The van der Waals surface area contributed by atoms with Gasteiger partial charge in [-0.25, -0.2) is 4.98 Å².